The van der Waals surface area contributed by atoms with Crippen molar-refractivity contribution in [3.8, 4) is 0 Å². The molecule has 0 heterocycles. The third kappa shape index (κ3) is 6.93. The van der Waals surface area contributed by atoms with Gasteiger partial charge in [0.25, 0.3) is 0 Å². The van der Waals surface area contributed by atoms with E-state index in [0.717, 1.165) is 12.2 Å². The monoisotopic (exact) mass is 190 g/mol. The minimum absolute atomic E-state index is 0.331. The van der Waals surface area contributed by atoms with Crippen LogP contribution in [0.2, 0.25) is 0 Å². The molecule has 0 unspecified atom stereocenters. The van der Waals surface area contributed by atoms with Crippen LogP contribution < -0.4 is 0 Å². The molecule has 0 aromatic heterocycles. The zero-order chi connectivity index (χ0) is 10.3. The fourth-order valence-electron chi connectivity index (χ4n) is 0.536. The summed E-state index contributed by atoms with van der Waals surface area (Å²) >= 11 is 0. The Morgan fingerprint density at radius 2 is 1.77 bits per heavy atom. The number of allylic oxidation sites excluding steroid dienone is 5. The lowest BCUT2D eigenvalue weighted by molar-refractivity contribution is -0.303. The van der Waals surface area contributed by atoms with Crippen LogP contribution in [0, 0.1) is 0 Å². The highest BCUT2D eigenvalue weighted by Crippen LogP contribution is 2.21. The van der Waals surface area contributed by atoms with Crippen LogP contribution in [0.15, 0.2) is 49.3 Å². The van der Waals surface area contributed by atoms with Crippen LogP contribution >= 0.6 is 0 Å². The molecule has 0 rings (SSSR count). The highest BCUT2D eigenvalue weighted by Gasteiger charge is 2.31. The van der Waals surface area contributed by atoms with E-state index in [9.17, 15) is 13.2 Å². The Hall–Kier alpha value is -1.45. The quantitative estimate of drug-likeness (QED) is 0.488. The van der Waals surface area contributed by atoms with Gasteiger partial charge in [0.2, 0.25) is 0 Å². The fraction of sp³-hybridized carbons (Fsp3) is 0.111. The molecule has 0 aromatic rings. The lowest BCUT2D eigenvalue weighted by Crippen LogP contribution is -2.11. The summed E-state index contributed by atoms with van der Waals surface area (Å²) in [5, 5.41) is 0. The molecule has 4 heteroatoms. The van der Waals surface area contributed by atoms with Crippen LogP contribution in [-0.4, -0.2) is 6.36 Å². The molecule has 0 aliphatic rings. The van der Waals surface area contributed by atoms with Gasteiger partial charge in [-0.25, -0.2) is 0 Å². The molecule has 0 aliphatic carbocycles. The second-order valence-corrected chi connectivity index (χ2v) is 1.95. The van der Waals surface area contributed by atoms with Gasteiger partial charge in [-0.1, -0.05) is 31.4 Å². The molecule has 0 N–H and O–H groups in total. The number of rotatable bonds is 4. The smallest absolute Gasteiger partial charge is 0.406 e. The summed E-state index contributed by atoms with van der Waals surface area (Å²) in [6.07, 6.45) is 1.45. The van der Waals surface area contributed by atoms with Crippen molar-refractivity contribution >= 4 is 0 Å². The summed E-state index contributed by atoms with van der Waals surface area (Å²) < 4.78 is 38.7. The maximum atomic E-state index is 11.7. The van der Waals surface area contributed by atoms with Crippen LogP contribution in [0.4, 0.5) is 13.2 Å². The van der Waals surface area contributed by atoms with E-state index in [0.29, 0.717) is 0 Å². The molecule has 0 aliphatic heterocycles. The molecule has 1 nitrogen and oxygen atoms in total. The molecule has 13 heavy (non-hydrogen) atoms. The van der Waals surface area contributed by atoms with Crippen molar-refractivity contribution in [1.29, 1.82) is 0 Å². The van der Waals surface area contributed by atoms with Crippen molar-refractivity contribution in [2.45, 2.75) is 6.36 Å². The van der Waals surface area contributed by atoms with Gasteiger partial charge in [-0.15, -0.1) is 13.2 Å². The van der Waals surface area contributed by atoms with Gasteiger partial charge in [0.1, 0.15) is 5.76 Å². The van der Waals surface area contributed by atoms with Gasteiger partial charge in [0.15, 0.2) is 0 Å². The SMILES string of the molecule is C=C/C=C\C(=C/C=C)OC(F)(F)F. The molecule has 0 saturated carbocycles. The topological polar surface area (TPSA) is 9.23 Å². The first-order valence-corrected chi connectivity index (χ1v) is 3.37. The summed E-state index contributed by atoms with van der Waals surface area (Å²) in [5.74, 6) is -0.331. The minimum atomic E-state index is -4.68. The lowest BCUT2D eigenvalue weighted by atomic mass is 10.4. The maximum absolute atomic E-state index is 11.7. The normalized spacial score (nSPS) is 13.0. The standard InChI is InChI=1S/C9H9F3O/c1-3-5-7-8(6-4-2)13-9(10,11)12/h3-7H,1-2H2/b7-5-,8-6+. The third-order valence-corrected chi connectivity index (χ3v) is 0.912. The molecule has 0 bridgehead atoms. The fourth-order valence-corrected chi connectivity index (χ4v) is 0.536. The van der Waals surface area contributed by atoms with Crippen molar-refractivity contribution in [2.24, 2.45) is 0 Å². The zero-order valence-corrected chi connectivity index (χ0v) is 6.84. The van der Waals surface area contributed by atoms with Crippen LogP contribution in [0.3, 0.4) is 0 Å². The molecule has 0 spiro atoms. The highest BCUT2D eigenvalue weighted by atomic mass is 19.4. The molecule has 0 amide bonds. The molecule has 0 saturated heterocycles. The summed E-state index contributed by atoms with van der Waals surface area (Å²) in [5.41, 5.74) is 0. The number of hydrogen-bond donors (Lipinski definition) is 0. The van der Waals surface area contributed by atoms with E-state index in [2.05, 4.69) is 17.9 Å². The molecule has 0 atom stereocenters. The first-order chi connectivity index (χ1) is 5.99. The number of ether oxygens (including phenoxy) is 1. The average molecular weight is 190 g/mol. The number of alkyl halides is 3. The Morgan fingerprint density at radius 3 is 2.15 bits per heavy atom. The predicted molar refractivity (Wildman–Crippen MR) is 44.8 cm³/mol. The Kier molecular flexibility index (Phi) is 4.66. The average Bonchev–Trinajstić information content (AvgIpc) is 1.98. The van der Waals surface area contributed by atoms with Gasteiger partial charge < -0.3 is 4.74 Å². The van der Waals surface area contributed by atoms with Gasteiger partial charge >= 0.3 is 6.36 Å². The van der Waals surface area contributed by atoms with E-state index in [1.807, 2.05) is 0 Å². The Labute approximate surface area is 74.5 Å². The van der Waals surface area contributed by atoms with E-state index in [1.54, 1.807) is 0 Å². The Bertz CT molecular complexity index is 236. The third-order valence-electron chi connectivity index (χ3n) is 0.912. The Balaban J connectivity index is 4.45. The van der Waals surface area contributed by atoms with E-state index in [1.165, 1.54) is 18.2 Å². The van der Waals surface area contributed by atoms with E-state index >= 15 is 0 Å². The maximum Gasteiger partial charge on any atom is 0.573 e. The van der Waals surface area contributed by atoms with Crippen LogP contribution in [0.25, 0.3) is 0 Å². The summed E-state index contributed by atoms with van der Waals surface area (Å²) in [6, 6.07) is 0. The number of halogens is 3. The lowest BCUT2D eigenvalue weighted by Gasteiger charge is -2.08. The largest absolute Gasteiger partial charge is 0.573 e. The van der Waals surface area contributed by atoms with Crippen molar-refractivity contribution in [3.05, 3.63) is 49.3 Å². The molecular formula is C9H9F3O. The van der Waals surface area contributed by atoms with Crippen molar-refractivity contribution in [3.63, 3.8) is 0 Å². The summed E-state index contributed by atoms with van der Waals surface area (Å²) in [6.45, 7) is 6.57. The molecule has 0 aromatic carbocycles. The van der Waals surface area contributed by atoms with E-state index in [-0.39, 0.29) is 5.76 Å². The summed E-state index contributed by atoms with van der Waals surface area (Å²) in [7, 11) is 0. The van der Waals surface area contributed by atoms with Crippen LogP contribution in [0.5, 0.6) is 0 Å². The number of hydrogen-bond acceptors (Lipinski definition) is 1. The van der Waals surface area contributed by atoms with Gasteiger partial charge in [-0.2, -0.15) is 0 Å². The van der Waals surface area contributed by atoms with Gasteiger partial charge in [-0.3, -0.25) is 0 Å². The van der Waals surface area contributed by atoms with Gasteiger partial charge in [-0.05, 0) is 12.2 Å². The highest BCUT2D eigenvalue weighted by molar-refractivity contribution is 5.20. The first kappa shape index (κ1) is 11.6. The van der Waals surface area contributed by atoms with E-state index < -0.39 is 6.36 Å². The second-order valence-electron chi connectivity index (χ2n) is 1.95. The molecule has 0 radical (unpaired) electrons. The van der Waals surface area contributed by atoms with Crippen molar-refractivity contribution < 1.29 is 17.9 Å². The molecular weight excluding hydrogens is 181 g/mol. The van der Waals surface area contributed by atoms with Gasteiger partial charge in [0, 0.05) is 0 Å². The van der Waals surface area contributed by atoms with E-state index in [4.69, 9.17) is 0 Å². The minimum Gasteiger partial charge on any atom is -0.406 e. The Morgan fingerprint density at radius 1 is 1.15 bits per heavy atom. The van der Waals surface area contributed by atoms with Crippen molar-refractivity contribution in [1.82, 2.24) is 0 Å². The van der Waals surface area contributed by atoms with Crippen molar-refractivity contribution in [2.75, 3.05) is 0 Å². The summed E-state index contributed by atoms with van der Waals surface area (Å²) in [4.78, 5) is 0. The van der Waals surface area contributed by atoms with Crippen LogP contribution in [-0.2, 0) is 4.74 Å². The van der Waals surface area contributed by atoms with Gasteiger partial charge in [0.05, 0.1) is 0 Å². The molecule has 72 valence electrons. The second kappa shape index (κ2) is 5.24. The predicted octanol–water partition coefficient (Wildman–Crippen LogP) is 3.33. The first-order valence-electron chi connectivity index (χ1n) is 3.37. The zero-order valence-electron chi connectivity index (χ0n) is 6.84. The van der Waals surface area contributed by atoms with Crippen LogP contribution in [0.1, 0.15) is 0 Å². The molecule has 0 fully saturated rings.